The van der Waals surface area contributed by atoms with Gasteiger partial charge < -0.3 is 0 Å². The molecule has 0 N–H and O–H groups in total. The van der Waals surface area contributed by atoms with Crippen molar-refractivity contribution in [3.05, 3.63) is 0 Å². The number of hydrogen-bond acceptors (Lipinski definition) is 0. The van der Waals surface area contributed by atoms with Crippen LogP contribution in [0, 0.1) is 0 Å². The average Bonchev–Trinajstić information content (AvgIpc) is 0. The molecule has 0 nitrogen and oxygen atoms in total. The van der Waals surface area contributed by atoms with E-state index in [0.29, 0.717) is 0 Å². The van der Waals surface area contributed by atoms with Gasteiger partial charge in [-0.1, -0.05) is 7.43 Å². The molecule has 0 aromatic heterocycles. The van der Waals surface area contributed by atoms with E-state index in [4.69, 9.17) is 0 Å². The van der Waals surface area contributed by atoms with Crippen molar-refractivity contribution in [3.8, 4) is 0 Å². The maximum absolute atomic E-state index is 0. The number of hydrogen-bond donors (Lipinski definition) is 0. The molecule has 0 rings (SSSR count). The van der Waals surface area contributed by atoms with Crippen LogP contribution in [-0.4, -0.2) is 0 Å². The van der Waals surface area contributed by atoms with Crippen LogP contribution in [0.5, 0.6) is 0 Å². The molecule has 0 saturated heterocycles. The molecule has 0 saturated carbocycles. The smallest absolute Gasteiger partial charge is 0 e. The second-order valence-corrected chi connectivity index (χ2v) is 0. The summed E-state index contributed by atoms with van der Waals surface area (Å²) in [4.78, 5) is 0. The monoisotopic (exact) mass is 177 g/mol. The fraction of sp³-hybridized carbons (Fsp3) is 1.00. The fourth-order valence-electron chi connectivity index (χ4n) is 0. The maximum Gasteiger partial charge on any atom is 0 e. The largest absolute Gasteiger partial charge is 0.197 e. The molecule has 0 aromatic carbocycles. The summed E-state index contributed by atoms with van der Waals surface area (Å²) in [5.41, 5.74) is 0. The van der Waals surface area contributed by atoms with Gasteiger partial charge in [-0.15, -0.1) is 0 Å². The zero-order chi connectivity index (χ0) is 0. The van der Waals surface area contributed by atoms with E-state index in [1.165, 1.54) is 0 Å². The van der Waals surface area contributed by atoms with Gasteiger partial charge in [-0.25, -0.2) is 0 Å². The molecule has 0 fully saturated rings. The second kappa shape index (κ2) is 24.6. The Morgan fingerprint density at radius 3 is 1.00 bits per heavy atom. The van der Waals surface area contributed by atoms with Crippen LogP contribution in [-0.2, 0) is 36.5 Å². The minimum Gasteiger partial charge on any atom is -0.197 e. The Balaban J connectivity index is 0. The predicted octanol–water partition coefficient (Wildman–Crippen LogP) is 0.744. The third-order valence-corrected chi connectivity index (χ3v) is 0. The van der Waals surface area contributed by atoms with Crippen LogP contribution in [0.15, 0.2) is 0 Å². The molecular weight excluding hydrogens is 173 g/mol. The Kier molecular flexibility index (Phi) is 306. The standard InChI is InChI=1S/CH4.Cu.H2S.Zn/h1H4;;1H2;. The molecule has 0 spiro atoms. The number of rotatable bonds is 0. The summed E-state index contributed by atoms with van der Waals surface area (Å²) in [5, 5.41) is 0. The third-order valence-electron chi connectivity index (χ3n) is 0. The van der Waals surface area contributed by atoms with Crippen LogP contribution in [0.4, 0.5) is 0 Å². The van der Waals surface area contributed by atoms with Gasteiger partial charge >= 0.3 is 0 Å². The van der Waals surface area contributed by atoms with E-state index < -0.39 is 0 Å². The third kappa shape index (κ3) is 9.74. The van der Waals surface area contributed by atoms with Gasteiger partial charge in [0.05, 0.1) is 0 Å². The summed E-state index contributed by atoms with van der Waals surface area (Å²) < 4.78 is 0. The van der Waals surface area contributed by atoms with Crippen LogP contribution in [0.3, 0.4) is 0 Å². The molecule has 1 radical (unpaired) electrons. The Bertz CT molecular complexity index is 8.00. The first kappa shape index (κ1) is 49.8. The zero-order valence-corrected chi connectivity index (χ0v) is 6.42. The molecular formula is CH6CuSZn. The van der Waals surface area contributed by atoms with E-state index in [0.717, 1.165) is 0 Å². The van der Waals surface area contributed by atoms with Crippen molar-refractivity contribution in [2.75, 3.05) is 0 Å². The van der Waals surface area contributed by atoms with Crippen LogP contribution >= 0.6 is 13.5 Å². The zero-order valence-electron chi connectivity index (χ0n) is 1.51. The molecule has 3 heteroatoms. The van der Waals surface area contributed by atoms with Crippen LogP contribution < -0.4 is 0 Å². The SMILES string of the molecule is C.S.[Cu].[Zn]. The summed E-state index contributed by atoms with van der Waals surface area (Å²) in [7, 11) is 0. The van der Waals surface area contributed by atoms with Crippen molar-refractivity contribution in [2.45, 2.75) is 7.43 Å². The van der Waals surface area contributed by atoms with Gasteiger partial charge in [-0.05, 0) is 0 Å². The van der Waals surface area contributed by atoms with Gasteiger partial charge in [0.25, 0.3) is 0 Å². The molecule has 0 atom stereocenters. The molecule has 0 unspecified atom stereocenters. The first-order valence-electron chi connectivity index (χ1n) is 0. The predicted molar refractivity (Wildman–Crippen MR) is 17.1 cm³/mol. The van der Waals surface area contributed by atoms with E-state index in [9.17, 15) is 0 Å². The van der Waals surface area contributed by atoms with Crippen molar-refractivity contribution in [1.29, 1.82) is 0 Å². The van der Waals surface area contributed by atoms with Gasteiger partial charge in [0.2, 0.25) is 0 Å². The maximum atomic E-state index is 0. The normalized spacial score (nSPS) is 0. The Morgan fingerprint density at radius 1 is 1.00 bits per heavy atom. The Labute approximate surface area is 57.4 Å². The molecule has 0 bridgehead atoms. The Hall–Kier alpha value is 1.49. The van der Waals surface area contributed by atoms with Gasteiger partial charge in [-0.2, -0.15) is 13.5 Å². The van der Waals surface area contributed by atoms with E-state index in [1.54, 1.807) is 0 Å². The van der Waals surface area contributed by atoms with Crippen LogP contribution in [0.25, 0.3) is 0 Å². The summed E-state index contributed by atoms with van der Waals surface area (Å²) in [6.07, 6.45) is 0. The van der Waals surface area contributed by atoms with Crippen LogP contribution in [0.1, 0.15) is 7.43 Å². The van der Waals surface area contributed by atoms with Gasteiger partial charge in [0.1, 0.15) is 0 Å². The van der Waals surface area contributed by atoms with E-state index in [2.05, 4.69) is 0 Å². The molecule has 0 aromatic rings. The summed E-state index contributed by atoms with van der Waals surface area (Å²) >= 11 is 0. The van der Waals surface area contributed by atoms with Gasteiger partial charge in [0, 0.05) is 36.5 Å². The molecule has 0 amide bonds. The first-order valence-corrected chi connectivity index (χ1v) is 0. The molecule has 0 aliphatic rings. The minimum atomic E-state index is 0. The molecule has 0 aliphatic heterocycles. The van der Waals surface area contributed by atoms with Crippen molar-refractivity contribution in [1.82, 2.24) is 0 Å². The molecule has 4 heavy (non-hydrogen) atoms. The van der Waals surface area contributed by atoms with Crippen LogP contribution in [0.2, 0.25) is 0 Å². The van der Waals surface area contributed by atoms with E-state index in [-0.39, 0.29) is 57.5 Å². The Morgan fingerprint density at radius 2 is 1.00 bits per heavy atom. The first-order chi connectivity index (χ1) is 0. The quantitative estimate of drug-likeness (QED) is 0.481. The molecule has 29 valence electrons. The molecule has 0 heterocycles. The van der Waals surface area contributed by atoms with E-state index in [1.807, 2.05) is 0 Å². The topological polar surface area (TPSA) is 0 Å². The van der Waals surface area contributed by atoms with Crippen molar-refractivity contribution < 1.29 is 36.5 Å². The van der Waals surface area contributed by atoms with Gasteiger partial charge in [-0.3, -0.25) is 0 Å². The minimum absolute atomic E-state index is 0. The summed E-state index contributed by atoms with van der Waals surface area (Å²) in [6.45, 7) is 0. The summed E-state index contributed by atoms with van der Waals surface area (Å²) in [5.74, 6) is 0. The second-order valence-electron chi connectivity index (χ2n) is 0. The van der Waals surface area contributed by atoms with Crippen molar-refractivity contribution in [2.24, 2.45) is 0 Å². The fourth-order valence-corrected chi connectivity index (χ4v) is 0. The van der Waals surface area contributed by atoms with Crippen molar-refractivity contribution >= 4 is 13.5 Å². The van der Waals surface area contributed by atoms with Gasteiger partial charge in [0.15, 0.2) is 0 Å². The molecule has 0 aliphatic carbocycles. The van der Waals surface area contributed by atoms with Crippen molar-refractivity contribution in [3.63, 3.8) is 0 Å². The van der Waals surface area contributed by atoms with E-state index >= 15 is 0 Å². The summed E-state index contributed by atoms with van der Waals surface area (Å²) in [6, 6.07) is 0. The average molecular weight is 179 g/mol.